The van der Waals surface area contributed by atoms with E-state index in [-0.39, 0.29) is 11.8 Å². The van der Waals surface area contributed by atoms with Crippen molar-refractivity contribution in [1.29, 1.82) is 0 Å². The summed E-state index contributed by atoms with van der Waals surface area (Å²) in [5.74, 6) is -3.41. The maximum atomic E-state index is 12.4. The molecule has 0 aromatic heterocycles. The molecule has 3 atom stereocenters. The molecule has 0 bridgehead atoms. The monoisotopic (exact) mass is 342 g/mol. The van der Waals surface area contributed by atoms with Gasteiger partial charge >= 0.3 is 11.9 Å². The number of nitrogens with zero attached hydrogens (tertiary/aromatic N) is 1. The minimum absolute atomic E-state index is 0.124. The summed E-state index contributed by atoms with van der Waals surface area (Å²) in [6.45, 7) is 4.16. The van der Waals surface area contributed by atoms with Gasteiger partial charge in [-0.3, -0.25) is 24.0 Å². The number of hydrogen-bond donors (Lipinski definition) is 2. The molecule has 1 aliphatic heterocycles. The van der Waals surface area contributed by atoms with Crippen LogP contribution >= 0.6 is 0 Å². The second-order valence-corrected chi connectivity index (χ2v) is 5.93. The number of esters is 1. The van der Waals surface area contributed by atoms with Gasteiger partial charge in [0.25, 0.3) is 0 Å². The van der Waals surface area contributed by atoms with Crippen LogP contribution in [0, 0.1) is 5.92 Å². The summed E-state index contributed by atoms with van der Waals surface area (Å²) in [6.07, 6.45) is -0.197. The van der Waals surface area contributed by atoms with Crippen LogP contribution in [0.4, 0.5) is 0 Å². The highest BCUT2D eigenvalue weighted by Crippen LogP contribution is 2.23. The van der Waals surface area contributed by atoms with Crippen LogP contribution in [-0.2, 0) is 28.7 Å². The van der Waals surface area contributed by atoms with E-state index in [1.165, 1.54) is 11.8 Å². The first kappa shape index (κ1) is 19.6. The summed E-state index contributed by atoms with van der Waals surface area (Å²) in [5.41, 5.74) is 0. The highest BCUT2D eigenvalue weighted by Gasteiger charge is 2.38. The minimum Gasteiger partial charge on any atom is -0.481 e. The Balaban J connectivity index is 2.79. The Morgan fingerprint density at radius 3 is 2.38 bits per heavy atom. The predicted octanol–water partition coefficient (Wildman–Crippen LogP) is -0.665. The third-order valence-corrected chi connectivity index (χ3v) is 3.72. The Morgan fingerprint density at radius 1 is 1.25 bits per heavy atom. The van der Waals surface area contributed by atoms with Crippen LogP contribution in [0.15, 0.2) is 0 Å². The Labute approximate surface area is 139 Å². The lowest BCUT2D eigenvalue weighted by atomic mass is 10.1. The molecule has 24 heavy (non-hydrogen) atoms. The second kappa shape index (κ2) is 8.42. The summed E-state index contributed by atoms with van der Waals surface area (Å²) in [4.78, 5) is 59.0. The third-order valence-electron chi connectivity index (χ3n) is 3.72. The van der Waals surface area contributed by atoms with Crippen LogP contribution in [0.2, 0.25) is 0 Å². The number of likely N-dealkylation sites (tertiary alicyclic amines) is 1. The number of hydrogen-bond acceptors (Lipinski definition) is 6. The molecule has 134 valence electrons. The number of carbonyl (C=O) groups excluding carboxylic acids is 4. The summed E-state index contributed by atoms with van der Waals surface area (Å²) in [5, 5.41) is 11.3. The maximum Gasteiger partial charge on any atom is 0.305 e. The lowest BCUT2D eigenvalue weighted by molar-refractivity contribution is -0.148. The number of Topliss-reactive ketones (excluding diaryl/α,β-unsaturated/α-hetero) is 1. The van der Waals surface area contributed by atoms with E-state index in [0.717, 1.165) is 6.92 Å². The number of nitrogens with one attached hydrogen (secondary N) is 1. The van der Waals surface area contributed by atoms with E-state index in [1.807, 2.05) is 6.92 Å². The van der Waals surface area contributed by atoms with Gasteiger partial charge in [0.1, 0.15) is 12.1 Å². The van der Waals surface area contributed by atoms with E-state index < -0.39 is 48.7 Å². The first-order chi connectivity index (χ1) is 11.1. The van der Waals surface area contributed by atoms with Crippen molar-refractivity contribution >= 4 is 29.5 Å². The first-order valence-corrected chi connectivity index (χ1v) is 7.57. The number of carboxylic acids is 1. The molecule has 1 aliphatic rings. The first-order valence-electron chi connectivity index (χ1n) is 7.57. The quantitative estimate of drug-likeness (QED) is 0.587. The summed E-state index contributed by atoms with van der Waals surface area (Å²) in [7, 11) is 0. The SMILES string of the molecule is CC(=O)OCC(=O)C(CC(=O)O)NC(=O)C1CC(C)CN1C(C)=O. The molecule has 0 aromatic rings. The summed E-state index contributed by atoms with van der Waals surface area (Å²) >= 11 is 0. The van der Waals surface area contributed by atoms with Crippen LogP contribution in [0.3, 0.4) is 0 Å². The molecule has 1 rings (SSSR count). The molecule has 9 nitrogen and oxygen atoms in total. The fraction of sp³-hybridized carbons (Fsp3) is 0.667. The van der Waals surface area contributed by atoms with Gasteiger partial charge in [-0.1, -0.05) is 6.92 Å². The fourth-order valence-corrected chi connectivity index (χ4v) is 2.60. The zero-order valence-electron chi connectivity index (χ0n) is 13.9. The molecule has 2 amide bonds. The van der Waals surface area contributed by atoms with E-state index in [2.05, 4.69) is 10.1 Å². The van der Waals surface area contributed by atoms with Crippen molar-refractivity contribution in [3.8, 4) is 0 Å². The van der Waals surface area contributed by atoms with E-state index >= 15 is 0 Å². The highest BCUT2D eigenvalue weighted by atomic mass is 16.5. The van der Waals surface area contributed by atoms with Gasteiger partial charge < -0.3 is 20.1 Å². The third kappa shape index (κ3) is 5.64. The zero-order chi connectivity index (χ0) is 18.4. The predicted molar refractivity (Wildman–Crippen MR) is 80.8 cm³/mol. The van der Waals surface area contributed by atoms with Gasteiger partial charge in [-0.15, -0.1) is 0 Å². The van der Waals surface area contributed by atoms with E-state index in [0.29, 0.717) is 13.0 Å². The van der Waals surface area contributed by atoms with Crippen molar-refractivity contribution in [3.05, 3.63) is 0 Å². The zero-order valence-corrected chi connectivity index (χ0v) is 13.9. The largest absolute Gasteiger partial charge is 0.481 e. The molecule has 1 fully saturated rings. The Bertz CT molecular complexity index is 546. The van der Waals surface area contributed by atoms with E-state index in [1.54, 1.807) is 0 Å². The normalized spacial score (nSPS) is 21.0. The average Bonchev–Trinajstić information content (AvgIpc) is 2.85. The molecular weight excluding hydrogens is 320 g/mol. The Hall–Kier alpha value is -2.45. The van der Waals surface area contributed by atoms with Crippen LogP contribution < -0.4 is 5.32 Å². The fourth-order valence-electron chi connectivity index (χ4n) is 2.60. The van der Waals surface area contributed by atoms with Crippen LogP contribution in [0.25, 0.3) is 0 Å². The molecule has 0 aliphatic carbocycles. The number of carbonyl (C=O) groups is 5. The molecule has 1 saturated heterocycles. The standard InChI is InChI=1S/C15H22N2O7/c1-8-4-12(17(6-8)9(2)18)15(23)16-11(5-14(21)22)13(20)7-24-10(3)19/h8,11-12H,4-7H2,1-3H3,(H,16,23)(H,21,22). The number of aliphatic carboxylic acids is 1. The van der Waals surface area contributed by atoms with Crippen molar-refractivity contribution in [2.75, 3.05) is 13.2 Å². The smallest absolute Gasteiger partial charge is 0.305 e. The number of ether oxygens (including phenoxy) is 1. The molecule has 3 unspecified atom stereocenters. The molecule has 0 aromatic carbocycles. The minimum atomic E-state index is -1.32. The molecular formula is C15H22N2O7. The number of carboxylic acid groups (broad SMARTS) is 1. The molecule has 2 N–H and O–H groups in total. The van der Waals surface area contributed by atoms with Crippen LogP contribution in [0.5, 0.6) is 0 Å². The summed E-state index contributed by atoms with van der Waals surface area (Å²) < 4.78 is 4.55. The Morgan fingerprint density at radius 2 is 1.88 bits per heavy atom. The molecule has 9 heteroatoms. The Kier molecular flexibility index (Phi) is 6.87. The van der Waals surface area contributed by atoms with E-state index in [4.69, 9.17) is 5.11 Å². The van der Waals surface area contributed by atoms with Crippen molar-refractivity contribution in [1.82, 2.24) is 10.2 Å². The molecule has 1 heterocycles. The second-order valence-electron chi connectivity index (χ2n) is 5.93. The molecule has 0 saturated carbocycles. The van der Waals surface area contributed by atoms with Crippen molar-refractivity contribution in [2.45, 2.75) is 45.7 Å². The van der Waals surface area contributed by atoms with Gasteiger partial charge in [-0.05, 0) is 12.3 Å². The number of rotatable bonds is 7. The highest BCUT2D eigenvalue weighted by molar-refractivity contribution is 5.95. The van der Waals surface area contributed by atoms with E-state index in [9.17, 15) is 24.0 Å². The van der Waals surface area contributed by atoms with Crippen LogP contribution in [-0.4, -0.2) is 64.8 Å². The lowest BCUT2D eigenvalue weighted by Gasteiger charge is -2.24. The van der Waals surface area contributed by atoms with Crippen molar-refractivity contribution in [2.24, 2.45) is 5.92 Å². The average molecular weight is 342 g/mol. The molecule has 0 radical (unpaired) electrons. The van der Waals surface area contributed by atoms with Gasteiger partial charge in [0.05, 0.1) is 6.42 Å². The van der Waals surface area contributed by atoms with Crippen molar-refractivity contribution in [3.63, 3.8) is 0 Å². The number of amides is 2. The lowest BCUT2D eigenvalue weighted by Crippen LogP contribution is -2.51. The molecule has 0 spiro atoms. The van der Waals surface area contributed by atoms with Crippen LogP contribution in [0.1, 0.15) is 33.6 Å². The topological polar surface area (TPSA) is 130 Å². The van der Waals surface area contributed by atoms with Gasteiger partial charge in [0.2, 0.25) is 11.8 Å². The maximum absolute atomic E-state index is 12.4. The van der Waals surface area contributed by atoms with Gasteiger partial charge in [0.15, 0.2) is 12.4 Å². The van der Waals surface area contributed by atoms with Gasteiger partial charge in [0, 0.05) is 20.4 Å². The van der Waals surface area contributed by atoms with Gasteiger partial charge in [-0.2, -0.15) is 0 Å². The number of ketones is 1. The van der Waals surface area contributed by atoms with Gasteiger partial charge in [-0.25, -0.2) is 0 Å². The van der Waals surface area contributed by atoms with Crippen molar-refractivity contribution < 1.29 is 33.8 Å². The summed E-state index contributed by atoms with van der Waals surface area (Å²) in [6, 6.07) is -2.06.